The monoisotopic (exact) mass is 172 g/mol. The number of aliphatic hydroxyl groups excluding tert-OH is 1. The number of nitrogens with zero attached hydrogens (tertiary/aromatic N) is 1. The molecule has 0 aliphatic rings. The summed E-state index contributed by atoms with van der Waals surface area (Å²) in [5.74, 6) is 0. The number of aromatic nitrogens is 1. The number of hydrogen-bond donors (Lipinski definition) is 2. The second kappa shape index (κ2) is 3.80. The summed E-state index contributed by atoms with van der Waals surface area (Å²) in [5.41, 5.74) is 5.62. The van der Waals surface area contributed by atoms with E-state index in [1.165, 1.54) is 11.3 Å². The van der Waals surface area contributed by atoms with Crippen molar-refractivity contribution in [3.8, 4) is 0 Å². The third kappa shape index (κ3) is 1.99. The summed E-state index contributed by atoms with van der Waals surface area (Å²) in [6.07, 6.45) is 1.84. The first-order chi connectivity index (χ1) is 5.25. The Morgan fingerprint density at radius 1 is 1.82 bits per heavy atom. The fourth-order valence-corrected chi connectivity index (χ4v) is 1.48. The van der Waals surface area contributed by atoms with Gasteiger partial charge in [-0.3, -0.25) is 0 Å². The Bertz CT molecular complexity index is 200. The Kier molecular flexibility index (Phi) is 2.99. The number of thiazole rings is 1. The van der Waals surface area contributed by atoms with E-state index in [4.69, 9.17) is 5.73 Å². The van der Waals surface area contributed by atoms with Gasteiger partial charge in [-0.05, 0) is 6.42 Å². The molecular formula is C7H12N2OS. The van der Waals surface area contributed by atoms with Crippen molar-refractivity contribution < 1.29 is 5.11 Å². The molecule has 11 heavy (non-hydrogen) atoms. The molecule has 0 amide bonds. The van der Waals surface area contributed by atoms with Crippen molar-refractivity contribution in [1.29, 1.82) is 0 Å². The van der Waals surface area contributed by atoms with E-state index >= 15 is 0 Å². The SMILES string of the molecule is CCC(N)C(O)c1nccs1. The zero-order chi connectivity index (χ0) is 8.27. The van der Waals surface area contributed by atoms with E-state index in [1.807, 2.05) is 12.3 Å². The van der Waals surface area contributed by atoms with Gasteiger partial charge in [0, 0.05) is 17.6 Å². The van der Waals surface area contributed by atoms with Crippen LogP contribution in [0.15, 0.2) is 11.6 Å². The van der Waals surface area contributed by atoms with Crippen molar-refractivity contribution in [3.63, 3.8) is 0 Å². The average molecular weight is 172 g/mol. The lowest BCUT2D eigenvalue weighted by Gasteiger charge is -2.13. The van der Waals surface area contributed by atoms with Gasteiger partial charge in [-0.15, -0.1) is 11.3 Å². The highest BCUT2D eigenvalue weighted by Gasteiger charge is 2.16. The van der Waals surface area contributed by atoms with Crippen LogP contribution < -0.4 is 5.73 Å². The van der Waals surface area contributed by atoms with Gasteiger partial charge in [-0.1, -0.05) is 6.92 Å². The Labute approximate surface area is 69.9 Å². The molecule has 0 saturated carbocycles. The number of aliphatic hydroxyl groups is 1. The quantitative estimate of drug-likeness (QED) is 0.712. The molecule has 0 radical (unpaired) electrons. The van der Waals surface area contributed by atoms with Crippen LogP contribution in [-0.2, 0) is 0 Å². The highest BCUT2D eigenvalue weighted by atomic mass is 32.1. The minimum atomic E-state index is -0.597. The number of nitrogens with two attached hydrogens (primary N) is 1. The Hall–Kier alpha value is -0.450. The molecule has 2 unspecified atom stereocenters. The third-order valence-electron chi connectivity index (χ3n) is 1.58. The number of hydrogen-bond acceptors (Lipinski definition) is 4. The maximum absolute atomic E-state index is 9.50. The normalized spacial score (nSPS) is 16.3. The van der Waals surface area contributed by atoms with Gasteiger partial charge in [0.2, 0.25) is 0 Å². The molecule has 0 aliphatic carbocycles. The molecule has 1 aromatic rings. The Morgan fingerprint density at radius 3 is 3.00 bits per heavy atom. The van der Waals surface area contributed by atoms with Crippen LogP contribution in [0.4, 0.5) is 0 Å². The molecule has 1 heterocycles. The molecule has 0 spiro atoms. The highest BCUT2D eigenvalue weighted by Crippen LogP contribution is 2.18. The van der Waals surface area contributed by atoms with Crippen LogP contribution >= 0.6 is 11.3 Å². The fraction of sp³-hybridized carbons (Fsp3) is 0.571. The van der Waals surface area contributed by atoms with Gasteiger partial charge in [-0.25, -0.2) is 4.98 Å². The maximum Gasteiger partial charge on any atom is 0.123 e. The summed E-state index contributed by atoms with van der Waals surface area (Å²) in [4.78, 5) is 3.97. The predicted octanol–water partition coefficient (Wildman–Crippen LogP) is 0.914. The highest BCUT2D eigenvalue weighted by molar-refractivity contribution is 7.09. The molecule has 0 saturated heterocycles. The number of rotatable bonds is 3. The summed E-state index contributed by atoms with van der Waals surface area (Å²) in [6.45, 7) is 1.95. The van der Waals surface area contributed by atoms with E-state index < -0.39 is 6.10 Å². The zero-order valence-electron chi connectivity index (χ0n) is 6.40. The second-order valence-electron chi connectivity index (χ2n) is 2.39. The van der Waals surface area contributed by atoms with Crippen LogP contribution in [0.3, 0.4) is 0 Å². The van der Waals surface area contributed by atoms with Gasteiger partial charge in [0.15, 0.2) is 0 Å². The van der Waals surface area contributed by atoms with Gasteiger partial charge < -0.3 is 10.8 Å². The lowest BCUT2D eigenvalue weighted by molar-refractivity contribution is 0.144. The summed E-state index contributed by atoms with van der Waals surface area (Å²) in [7, 11) is 0. The predicted molar refractivity (Wildman–Crippen MR) is 45.3 cm³/mol. The Morgan fingerprint density at radius 2 is 2.55 bits per heavy atom. The van der Waals surface area contributed by atoms with Crippen molar-refractivity contribution in [3.05, 3.63) is 16.6 Å². The molecule has 3 nitrogen and oxygen atoms in total. The molecule has 0 aliphatic heterocycles. The van der Waals surface area contributed by atoms with Crippen molar-refractivity contribution >= 4 is 11.3 Å². The lowest BCUT2D eigenvalue weighted by atomic mass is 10.1. The summed E-state index contributed by atoms with van der Waals surface area (Å²) < 4.78 is 0. The van der Waals surface area contributed by atoms with Crippen LogP contribution in [0.2, 0.25) is 0 Å². The second-order valence-corrected chi connectivity index (χ2v) is 3.31. The first-order valence-electron chi connectivity index (χ1n) is 3.58. The molecular weight excluding hydrogens is 160 g/mol. The first-order valence-corrected chi connectivity index (χ1v) is 4.46. The average Bonchev–Trinajstić information content (AvgIpc) is 2.53. The Balaban J connectivity index is 2.62. The lowest BCUT2D eigenvalue weighted by Crippen LogP contribution is -2.27. The largest absolute Gasteiger partial charge is 0.384 e. The fourth-order valence-electron chi connectivity index (χ4n) is 0.787. The van der Waals surface area contributed by atoms with E-state index in [9.17, 15) is 5.11 Å². The first kappa shape index (κ1) is 8.64. The molecule has 0 bridgehead atoms. The van der Waals surface area contributed by atoms with E-state index in [0.29, 0.717) is 5.01 Å². The van der Waals surface area contributed by atoms with Crippen molar-refractivity contribution in [2.75, 3.05) is 0 Å². The van der Waals surface area contributed by atoms with Gasteiger partial charge in [0.05, 0.1) is 0 Å². The smallest absolute Gasteiger partial charge is 0.123 e. The van der Waals surface area contributed by atoms with Crippen LogP contribution in [0.5, 0.6) is 0 Å². The summed E-state index contributed by atoms with van der Waals surface area (Å²) in [6, 6.07) is -0.193. The van der Waals surface area contributed by atoms with Gasteiger partial charge in [0.25, 0.3) is 0 Å². The van der Waals surface area contributed by atoms with Gasteiger partial charge >= 0.3 is 0 Å². The molecule has 1 aromatic heterocycles. The van der Waals surface area contributed by atoms with Crippen molar-refractivity contribution in [1.82, 2.24) is 4.98 Å². The molecule has 1 rings (SSSR count). The van der Waals surface area contributed by atoms with E-state index in [2.05, 4.69) is 4.98 Å². The third-order valence-corrected chi connectivity index (χ3v) is 2.43. The van der Waals surface area contributed by atoms with E-state index in [-0.39, 0.29) is 6.04 Å². The minimum Gasteiger partial charge on any atom is -0.384 e. The van der Waals surface area contributed by atoms with E-state index in [1.54, 1.807) is 6.20 Å². The van der Waals surface area contributed by atoms with Crippen molar-refractivity contribution in [2.24, 2.45) is 5.73 Å². The van der Waals surface area contributed by atoms with E-state index in [0.717, 1.165) is 6.42 Å². The minimum absolute atomic E-state index is 0.193. The van der Waals surface area contributed by atoms with Gasteiger partial charge in [0.1, 0.15) is 11.1 Å². The van der Waals surface area contributed by atoms with Crippen LogP contribution in [-0.4, -0.2) is 16.1 Å². The molecule has 2 atom stereocenters. The topological polar surface area (TPSA) is 59.1 Å². The van der Waals surface area contributed by atoms with Crippen LogP contribution in [0.1, 0.15) is 24.5 Å². The van der Waals surface area contributed by atoms with Crippen molar-refractivity contribution in [2.45, 2.75) is 25.5 Å². The van der Waals surface area contributed by atoms with Crippen LogP contribution in [0, 0.1) is 0 Å². The molecule has 3 N–H and O–H groups in total. The summed E-state index contributed by atoms with van der Waals surface area (Å²) >= 11 is 1.43. The molecule has 0 aromatic carbocycles. The molecule has 4 heteroatoms. The maximum atomic E-state index is 9.50. The van der Waals surface area contributed by atoms with Crippen LogP contribution in [0.25, 0.3) is 0 Å². The standard InChI is InChI=1S/C7H12N2OS/c1-2-5(8)6(10)7-9-3-4-11-7/h3-6,10H,2,8H2,1H3. The zero-order valence-corrected chi connectivity index (χ0v) is 7.21. The molecule has 0 fully saturated rings. The summed E-state index contributed by atoms with van der Waals surface area (Å²) in [5, 5.41) is 12.0. The van der Waals surface area contributed by atoms with Gasteiger partial charge in [-0.2, -0.15) is 0 Å². The molecule has 62 valence electrons.